The molecule has 0 saturated heterocycles. The zero-order valence-corrected chi connectivity index (χ0v) is 15.4. The van der Waals surface area contributed by atoms with Crippen molar-refractivity contribution < 1.29 is 17.6 Å². The van der Waals surface area contributed by atoms with Crippen LogP contribution in [0.4, 0.5) is 10.1 Å². The maximum Gasteiger partial charge on any atom is 0.276 e. The molecule has 1 heterocycles. The molecule has 0 aliphatic heterocycles. The van der Waals surface area contributed by atoms with E-state index in [0.717, 1.165) is 0 Å². The quantitative estimate of drug-likeness (QED) is 0.716. The molecule has 9 heteroatoms. The topological polar surface area (TPSA) is 107 Å². The molecule has 1 amide bonds. The third-order valence-corrected chi connectivity index (χ3v) is 5.03. The van der Waals surface area contributed by atoms with Crippen LogP contribution in [0, 0.1) is 19.7 Å². The number of hydrogen-bond acceptors (Lipinski definition) is 4. The van der Waals surface area contributed by atoms with Gasteiger partial charge in [0.2, 0.25) is 10.0 Å². The molecule has 0 fully saturated rings. The molecule has 140 valence electrons. The number of nitrogens with zero attached hydrogens (tertiary/aromatic N) is 2. The molecule has 0 radical (unpaired) electrons. The Hall–Kier alpha value is -3.04. The Morgan fingerprint density at radius 3 is 2.56 bits per heavy atom. The molecule has 0 aliphatic carbocycles. The van der Waals surface area contributed by atoms with Crippen molar-refractivity contribution in [3.05, 3.63) is 71.3 Å². The van der Waals surface area contributed by atoms with Gasteiger partial charge in [-0.15, -0.1) is 0 Å². The summed E-state index contributed by atoms with van der Waals surface area (Å²) in [6, 6.07) is 10.2. The summed E-state index contributed by atoms with van der Waals surface area (Å²) in [5.74, 6) is -1.03. The Bertz CT molecular complexity index is 1140. The van der Waals surface area contributed by atoms with E-state index < -0.39 is 21.7 Å². The van der Waals surface area contributed by atoms with Gasteiger partial charge in [0.15, 0.2) is 5.69 Å². The molecular formula is C18H17FN4O3S. The molecule has 3 aromatic rings. The van der Waals surface area contributed by atoms with Gasteiger partial charge in [-0.1, -0.05) is 12.1 Å². The summed E-state index contributed by atoms with van der Waals surface area (Å²) in [7, 11) is -3.91. The van der Waals surface area contributed by atoms with Gasteiger partial charge in [-0.2, -0.15) is 5.10 Å². The van der Waals surface area contributed by atoms with Crippen molar-refractivity contribution in [3.8, 4) is 5.69 Å². The van der Waals surface area contributed by atoms with E-state index in [1.807, 2.05) is 0 Å². The first-order chi connectivity index (χ1) is 12.7. The number of aromatic nitrogens is 2. The lowest BCUT2D eigenvalue weighted by molar-refractivity contribution is 0.102. The number of primary sulfonamides is 1. The number of aryl methyl sites for hydroxylation is 1. The number of nitrogens with one attached hydrogen (secondary N) is 1. The fourth-order valence-corrected chi connectivity index (χ4v) is 3.15. The average Bonchev–Trinajstić information content (AvgIpc) is 3.08. The number of nitrogens with two attached hydrogens (primary N) is 1. The molecule has 3 rings (SSSR count). The average molecular weight is 388 g/mol. The second kappa shape index (κ2) is 6.93. The molecule has 0 unspecified atom stereocenters. The van der Waals surface area contributed by atoms with E-state index in [0.29, 0.717) is 16.8 Å². The van der Waals surface area contributed by atoms with Crippen molar-refractivity contribution in [2.24, 2.45) is 5.14 Å². The van der Waals surface area contributed by atoms with E-state index in [1.54, 1.807) is 26.0 Å². The number of carbonyl (C=O) groups excluding carboxylic acids is 1. The van der Waals surface area contributed by atoms with Gasteiger partial charge < -0.3 is 5.32 Å². The van der Waals surface area contributed by atoms with Crippen LogP contribution in [0.2, 0.25) is 0 Å². The predicted octanol–water partition coefficient (Wildman–Crippen LogP) is 2.53. The van der Waals surface area contributed by atoms with Gasteiger partial charge in [-0.05, 0) is 55.3 Å². The number of anilines is 1. The first-order valence-corrected chi connectivity index (χ1v) is 9.47. The summed E-state index contributed by atoms with van der Waals surface area (Å²) in [6.07, 6.45) is 1.46. The van der Waals surface area contributed by atoms with Crippen LogP contribution in [-0.4, -0.2) is 24.1 Å². The number of amides is 1. The fraction of sp³-hybridized carbons (Fsp3) is 0.111. The highest BCUT2D eigenvalue weighted by Gasteiger charge is 2.17. The molecule has 27 heavy (non-hydrogen) atoms. The molecule has 0 saturated carbocycles. The monoisotopic (exact) mass is 388 g/mol. The van der Waals surface area contributed by atoms with Gasteiger partial charge >= 0.3 is 0 Å². The van der Waals surface area contributed by atoms with E-state index in [-0.39, 0.29) is 16.3 Å². The smallest absolute Gasteiger partial charge is 0.276 e. The van der Waals surface area contributed by atoms with Gasteiger partial charge in [0.25, 0.3) is 5.91 Å². The minimum absolute atomic E-state index is 0.0521. The molecule has 2 aromatic carbocycles. The number of carbonyl (C=O) groups is 1. The molecule has 7 nitrogen and oxygen atoms in total. The number of halogens is 1. The largest absolute Gasteiger partial charge is 0.320 e. The predicted molar refractivity (Wildman–Crippen MR) is 98.8 cm³/mol. The Kier molecular flexibility index (Phi) is 4.81. The van der Waals surface area contributed by atoms with Crippen LogP contribution >= 0.6 is 0 Å². The molecule has 1 aromatic heterocycles. The van der Waals surface area contributed by atoms with Crippen molar-refractivity contribution in [1.29, 1.82) is 0 Å². The highest BCUT2D eigenvalue weighted by atomic mass is 32.2. The molecule has 0 atom stereocenters. The number of hydrogen-bond donors (Lipinski definition) is 2. The number of para-hydroxylation sites is 1. The number of rotatable bonds is 4. The Labute approximate surface area is 155 Å². The fourth-order valence-electron chi connectivity index (χ4n) is 2.52. The van der Waals surface area contributed by atoms with Crippen LogP contribution in [0.15, 0.2) is 53.6 Å². The zero-order chi connectivity index (χ0) is 19.8. The Morgan fingerprint density at radius 1 is 1.19 bits per heavy atom. The van der Waals surface area contributed by atoms with Crippen LogP contribution < -0.4 is 10.5 Å². The van der Waals surface area contributed by atoms with Crippen molar-refractivity contribution in [3.63, 3.8) is 0 Å². The summed E-state index contributed by atoms with van der Waals surface area (Å²) in [5.41, 5.74) is 1.93. The summed E-state index contributed by atoms with van der Waals surface area (Å²) >= 11 is 0. The minimum atomic E-state index is -3.91. The van der Waals surface area contributed by atoms with Gasteiger partial charge in [-0.3, -0.25) is 4.79 Å². The highest BCUT2D eigenvalue weighted by Crippen LogP contribution is 2.24. The summed E-state index contributed by atoms with van der Waals surface area (Å²) in [4.78, 5) is 12.4. The Balaban J connectivity index is 1.91. The first-order valence-electron chi connectivity index (χ1n) is 7.93. The van der Waals surface area contributed by atoms with Crippen LogP contribution in [0.5, 0.6) is 0 Å². The van der Waals surface area contributed by atoms with Crippen molar-refractivity contribution in [1.82, 2.24) is 9.78 Å². The van der Waals surface area contributed by atoms with Crippen LogP contribution in [0.25, 0.3) is 5.69 Å². The van der Waals surface area contributed by atoms with E-state index in [9.17, 15) is 17.6 Å². The second-order valence-corrected chi connectivity index (χ2v) is 7.57. The van der Waals surface area contributed by atoms with Gasteiger partial charge in [0.1, 0.15) is 11.5 Å². The van der Waals surface area contributed by atoms with Crippen molar-refractivity contribution >= 4 is 21.6 Å². The first kappa shape index (κ1) is 18.7. The van der Waals surface area contributed by atoms with E-state index >= 15 is 0 Å². The van der Waals surface area contributed by atoms with Crippen LogP contribution in [0.3, 0.4) is 0 Å². The van der Waals surface area contributed by atoms with E-state index in [2.05, 4.69) is 10.4 Å². The van der Waals surface area contributed by atoms with Gasteiger partial charge in [0, 0.05) is 11.9 Å². The minimum Gasteiger partial charge on any atom is -0.320 e. The third-order valence-electron chi connectivity index (χ3n) is 4.14. The summed E-state index contributed by atoms with van der Waals surface area (Å²) in [6.45, 7) is 3.46. The molecular weight excluding hydrogens is 371 g/mol. The molecule has 0 spiro atoms. The molecule has 0 bridgehead atoms. The van der Waals surface area contributed by atoms with Gasteiger partial charge in [-0.25, -0.2) is 22.6 Å². The van der Waals surface area contributed by atoms with Crippen molar-refractivity contribution in [2.45, 2.75) is 18.7 Å². The highest BCUT2D eigenvalue weighted by molar-refractivity contribution is 7.89. The maximum absolute atomic E-state index is 13.9. The van der Waals surface area contributed by atoms with E-state index in [4.69, 9.17) is 5.14 Å². The number of benzene rings is 2. The molecule has 0 aliphatic rings. The summed E-state index contributed by atoms with van der Waals surface area (Å²) < 4.78 is 38.3. The van der Waals surface area contributed by atoms with Gasteiger partial charge in [0.05, 0.1) is 4.90 Å². The van der Waals surface area contributed by atoms with Crippen LogP contribution in [-0.2, 0) is 10.0 Å². The zero-order valence-electron chi connectivity index (χ0n) is 14.6. The Morgan fingerprint density at radius 2 is 1.89 bits per heavy atom. The molecule has 3 N–H and O–H groups in total. The lowest BCUT2D eigenvalue weighted by Crippen LogP contribution is -2.17. The van der Waals surface area contributed by atoms with Crippen molar-refractivity contribution in [2.75, 3.05) is 5.32 Å². The number of sulfonamides is 1. The lowest BCUT2D eigenvalue weighted by Gasteiger charge is -2.12. The van der Waals surface area contributed by atoms with Crippen LogP contribution in [0.1, 0.15) is 21.6 Å². The maximum atomic E-state index is 13.9. The summed E-state index contributed by atoms with van der Waals surface area (Å²) in [5, 5.41) is 11.9. The second-order valence-electron chi connectivity index (χ2n) is 6.01. The van der Waals surface area contributed by atoms with E-state index in [1.165, 1.54) is 41.2 Å². The normalized spacial score (nSPS) is 11.4. The lowest BCUT2D eigenvalue weighted by atomic mass is 10.1. The SMILES string of the molecule is Cc1cc(S(N)(=O)=O)cc(NC(=O)c2ccn(-c3ccccc3F)n2)c1C. The third kappa shape index (κ3) is 3.88. The standard InChI is InChI=1S/C18H17FN4O3S/c1-11-9-13(27(20,25)26)10-16(12(11)2)21-18(24)15-7-8-23(22-15)17-6-4-3-5-14(17)19/h3-10H,1-2H3,(H,21,24)(H2,20,25,26).